The number of ketones is 1. The van der Waals surface area contributed by atoms with E-state index in [-0.39, 0.29) is 5.78 Å². The second kappa shape index (κ2) is 6.71. The summed E-state index contributed by atoms with van der Waals surface area (Å²) in [6, 6.07) is 0. The number of carbonyl (C=O) groups is 1. The quantitative estimate of drug-likeness (QED) is 0.547. The van der Waals surface area contributed by atoms with Gasteiger partial charge in [0.1, 0.15) is 0 Å². The Balaban J connectivity index is 4.51. The molecule has 0 aromatic carbocycles. The molecule has 0 aliphatic rings. The van der Waals surface area contributed by atoms with E-state index < -0.39 is 0 Å². The van der Waals surface area contributed by atoms with Gasteiger partial charge in [-0.2, -0.15) is 0 Å². The van der Waals surface area contributed by atoms with Gasteiger partial charge in [-0.1, -0.05) is 19.6 Å². The van der Waals surface area contributed by atoms with Gasteiger partial charge in [-0.3, -0.25) is 4.79 Å². The summed E-state index contributed by atoms with van der Waals surface area (Å²) in [5, 5.41) is 0. The van der Waals surface area contributed by atoms with E-state index in [1.165, 1.54) is 0 Å². The number of hydrogen-bond donors (Lipinski definition) is 0. The van der Waals surface area contributed by atoms with E-state index in [1.54, 1.807) is 0 Å². The number of aliphatic imine (C=N–C) groups is 1. The summed E-state index contributed by atoms with van der Waals surface area (Å²) in [5.41, 5.74) is 1.12. The summed E-state index contributed by atoms with van der Waals surface area (Å²) in [6.45, 7) is 9.35. The van der Waals surface area contributed by atoms with Crippen molar-refractivity contribution in [3.05, 3.63) is 22.8 Å². The first-order valence-corrected chi connectivity index (χ1v) is 5.41. The first-order chi connectivity index (χ1) is 6.52. The molecule has 0 atom stereocenters. The number of allylic oxidation sites excluding steroid dienone is 3. The van der Waals surface area contributed by atoms with Crippen molar-refractivity contribution in [3.8, 4) is 0 Å². The van der Waals surface area contributed by atoms with E-state index in [0.717, 1.165) is 16.6 Å². The van der Waals surface area contributed by atoms with E-state index in [4.69, 9.17) is 0 Å². The highest BCUT2D eigenvalue weighted by Gasteiger charge is 2.05. The molecule has 0 radical (unpaired) electrons. The van der Waals surface area contributed by atoms with Crippen molar-refractivity contribution in [2.75, 3.05) is 0 Å². The smallest absolute Gasteiger partial charge is 0.180 e. The molecule has 0 aromatic rings. The van der Waals surface area contributed by atoms with Crippen molar-refractivity contribution in [1.82, 2.24) is 0 Å². The second-order valence-corrected chi connectivity index (χ2v) is 3.81. The van der Waals surface area contributed by atoms with Crippen molar-refractivity contribution in [2.24, 2.45) is 4.99 Å². The molecule has 0 amide bonds. The maximum Gasteiger partial charge on any atom is 0.180 e. The molecule has 2 nitrogen and oxygen atoms in total. The summed E-state index contributed by atoms with van der Waals surface area (Å²) in [6.07, 6.45) is 3.23. The van der Waals surface area contributed by atoms with Gasteiger partial charge in [-0.05, 0) is 36.2 Å². The largest absolute Gasteiger partial charge is 0.292 e. The molecule has 0 fully saturated rings. The SMILES string of the molecule is C=C(N=C(C)/C(Br)=C\C)C(=O)CCC. The molecule has 0 heterocycles. The molecular formula is C11H16BrNO. The van der Waals surface area contributed by atoms with Gasteiger partial charge in [-0.25, -0.2) is 4.99 Å². The molecule has 0 aliphatic carbocycles. The number of Topliss-reactive ketones (excluding diaryl/α,β-unsaturated/α-hetero) is 1. The number of carbonyl (C=O) groups excluding carboxylic acids is 1. The van der Waals surface area contributed by atoms with Crippen molar-refractivity contribution in [3.63, 3.8) is 0 Å². The van der Waals surface area contributed by atoms with Crippen LogP contribution < -0.4 is 0 Å². The Hall–Kier alpha value is -0.700. The van der Waals surface area contributed by atoms with Crippen molar-refractivity contribution >= 4 is 27.4 Å². The van der Waals surface area contributed by atoms with Gasteiger partial charge in [0.05, 0.1) is 11.4 Å². The molecule has 14 heavy (non-hydrogen) atoms. The topological polar surface area (TPSA) is 29.4 Å². The summed E-state index contributed by atoms with van der Waals surface area (Å²) in [7, 11) is 0. The van der Waals surface area contributed by atoms with Gasteiger partial charge < -0.3 is 0 Å². The Morgan fingerprint density at radius 2 is 2.14 bits per heavy atom. The first kappa shape index (κ1) is 13.3. The molecule has 0 unspecified atom stereocenters. The van der Waals surface area contributed by atoms with Gasteiger partial charge in [0, 0.05) is 10.9 Å². The van der Waals surface area contributed by atoms with Gasteiger partial charge in [0.15, 0.2) is 5.78 Å². The molecule has 0 aliphatic heterocycles. The van der Waals surface area contributed by atoms with Crippen LogP contribution in [0.25, 0.3) is 0 Å². The lowest BCUT2D eigenvalue weighted by Crippen LogP contribution is -2.01. The predicted molar refractivity (Wildman–Crippen MR) is 64.8 cm³/mol. The van der Waals surface area contributed by atoms with Crippen LogP contribution in [0.1, 0.15) is 33.6 Å². The third kappa shape index (κ3) is 4.51. The predicted octanol–water partition coefficient (Wildman–Crippen LogP) is 3.63. The van der Waals surface area contributed by atoms with Crippen molar-refractivity contribution in [1.29, 1.82) is 0 Å². The molecular weight excluding hydrogens is 242 g/mol. The average Bonchev–Trinajstić information content (AvgIpc) is 2.16. The van der Waals surface area contributed by atoms with Crippen LogP contribution >= 0.6 is 15.9 Å². The van der Waals surface area contributed by atoms with Crippen LogP contribution in [0.3, 0.4) is 0 Å². The number of nitrogens with zero attached hydrogens (tertiary/aromatic N) is 1. The minimum atomic E-state index is 0.0169. The third-order valence-electron chi connectivity index (χ3n) is 1.70. The van der Waals surface area contributed by atoms with E-state index in [2.05, 4.69) is 27.5 Å². The van der Waals surface area contributed by atoms with Crippen LogP contribution in [0.2, 0.25) is 0 Å². The first-order valence-electron chi connectivity index (χ1n) is 4.62. The summed E-state index contributed by atoms with van der Waals surface area (Å²) >= 11 is 3.34. The Bertz CT molecular complexity index is 290. The highest BCUT2D eigenvalue weighted by Crippen LogP contribution is 2.10. The molecule has 0 aromatic heterocycles. The molecule has 0 N–H and O–H groups in total. The Labute approximate surface area is 93.9 Å². The van der Waals surface area contributed by atoms with Crippen LogP contribution in [0.15, 0.2) is 27.8 Å². The molecule has 0 bridgehead atoms. The monoisotopic (exact) mass is 257 g/mol. The second-order valence-electron chi connectivity index (χ2n) is 2.95. The zero-order valence-electron chi connectivity index (χ0n) is 8.93. The fourth-order valence-electron chi connectivity index (χ4n) is 0.898. The Morgan fingerprint density at radius 3 is 2.57 bits per heavy atom. The normalized spacial score (nSPS) is 12.9. The fourth-order valence-corrected chi connectivity index (χ4v) is 0.987. The molecule has 0 rings (SSSR count). The van der Waals surface area contributed by atoms with Gasteiger partial charge in [0.2, 0.25) is 0 Å². The maximum absolute atomic E-state index is 11.3. The van der Waals surface area contributed by atoms with Crippen LogP contribution in [-0.4, -0.2) is 11.5 Å². The lowest BCUT2D eigenvalue weighted by Gasteiger charge is -2.00. The summed E-state index contributed by atoms with van der Waals surface area (Å²) < 4.78 is 0.892. The molecule has 0 spiro atoms. The van der Waals surface area contributed by atoms with Crippen LogP contribution in [0.5, 0.6) is 0 Å². The van der Waals surface area contributed by atoms with Crippen LogP contribution in [0, 0.1) is 0 Å². The van der Waals surface area contributed by atoms with Gasteiger partial charge in [0.25, 0.3) is 0 Å². The van der Waals surface area contributed by atoms with Crippen molar-refractivity contribution in [2.45, 2.75) is 33.6 Å². The molecule has 0 saturated carbocycles. The standard InChI is InChI=1S/C11H16BrNO/c1-5-7-11(14)9(4)13-8(3)10(12)6-2/h6H,4-5,7H2,1-3H3/b10-6+,13-8?. The molecule has 3 heteroatoms. The van der Waals surface area contributed by atoms with E-state index >= 15 is 0 Å². The highest BCUT2D eigenvalue weighted by atomic mass is 79.9. The summed E-state index contributed by atoms with van der Waals surface area (Å²) in [4.78, 5) is 15.5. The fraction of sp³-hybridized carbons (Fsp3) is 0.455. The number of halogens is 1. The Morgan fingerprint density at radius 1 is 1.57 bits per heavy atom. The molecule has 0 saturated heterocycles. The van der Waals surface area contributed by atoms with E-state index in [9.17, 15) is 4.79 Å². The van der Waals surface area contributed by atoms with Crippen LogP contribution in [-0.2, 0) is 4.79 Å². The average molecular weight is 258 g/mol. The van der Waals surface area contributed by atoms with Gasteiger partial charge >= 0.3 is 0 Å². The zero-order valence-corrected chi connectivity index (χ0v) is 10.5. The lowest BCUT2D eigenvalue weighted by molar-refractivity contribution is -0.115. The number of rotatable bonds is 5. The minimum absolute atomic E-state index is 0.0169. The van der Waals surface area contributed by atoms with E-state index in [1.807, 2.05) is 26.8 Å². The molecule has 78 valence electrons. The summed E-state index contributed by atoms with van der Waals surface area (Å²) in [5.74, 6) is 0.0169. The van der Waals surface area contributed by atoms with Crippen molar-refractivity contribution < 1.29 is 4.79 Å². The number of hydrogen-bond acceptors (Lipinski definition) is 2. The lowest BCUT2D eigenvalue weighted by atomic mass is 10.2. The minimum Gasteiger partial charge on any atom is -0.292 e. The zero-order chi connectivity index (χ0) is 11.1. The maximum atomic E-state index is 11.3. The van der Waals surface area contributed by atoms with E-state index in [0.29, 0.717) is 12.1 Å². The van der Waals surface area contributed by atoms with Crippen LogP contribution in [0.4, 0.5) is 0 Å². The Kier molecular flexibility index (Phi) is 6.37. The van der Waals surface area contributed by atoms with Gasteiger partial charge in [-0.15, -0.1) is 0 Å². The third-order valence-corrected chi connectivity index (χ3v) is 2.73. The highest BCUT2D eigenvalue weighted by molar-refractivity contribution is 9.12.